The summed E-state index contributed by atoms with van der Waals surface area (Å²) in [6, 6.07) is 0. The van der Waals surface area contributed by atoms with E-state index >= 15 is 0 Å². The van der Waals surface area contributed by atoms with Crippen LogP contribution in [0.5, 0.6) is 0 Å². The van der Waals surface area contributed by atoms with Crippen LogP contribution in [0.4, 0.5) is 0 Å². The molecule has 2 saturated carbocycles. The fourth-order valence-corrected chi connectivity index (χ4v) is 5.79. The maximum absolute atomic E-state index is 12.4. The molecule has 0 heterocycles. The van der Waals surface area contributed by atoms with Gasteiger partial charge in [0.25, 0.3) is 0 Å². The van der Waals surface area contributed by atoms with Crippen LogP contribution in [0.1, 0.15) is 40.5 Å². The summed E-state index contributed by atoms with van der Waals surface area (Å²) in [7, 11) is 0. The molecule has 5 heteroatoms. The number of carbonyl (C=O) groups is 1. The normalized spacial score (nSPS) is 54.6. The Labute approximate surface area is 149 Å². The molecule has 0 spiro atoms. The molecule has 25 heavy (non-hydrogen) atoms. The van der Waals surface area contributed by atoms with E-state index in [-0.39, 0.29) is 11.7 Å². The van der Waals surface area contributed by atoms with Gasteiger partial charge in [-0.1, -0.05) is 33.8 Å². The minimum atomic E-state index is -1.49. The first kappa shape index (κ1) is 18.8. The van der Waals surface area contributed by atoms with Gasteiger partial charge in [0.05, 0.1) is 23.9 Å². The molecule has 0 aromatic rings. The van der Waals surface area contributed by atoms with Crippen LogP contribution in [-0.4, -0.2) is 50.1 Å². The van der Waals surface area contributed by atoms with Crippen molar-refractivity contribution in [2.45, 2.75) is 64.4 Å². The molecule has 0 aromatic heterocycles. The van der Waals surface area contributed by atoms with Gasteiger partial charge in [-0.15, -0.1) is 6.58 Å². The van der Waals surface area contributed by atoms with E-state index in [1.807, 2.05) is 13.8 Å². The summed E-state index contributed by atoms with van der Waals surface area (Å²) in [6.45, 7) is 10.8. The highest BCUT2D eigenvalue weighted by molar-refractivity contribution is 5.96. The topological polar surface area (TPSA) is 98.0 Å². The molecule has 5 nitrogen and oxygen atoms in total. The summed E-state index contributed by atoms with van der Waals surface area (Å²) < 4.78 is 0. The molecule has 0 aromatic carbocycles. The van der Waals surface area contributed by atoms with Crippen LogP contribution < -0.4 is 0 Å². The number of hydrogen-bond donors (Lipinski definition) is 4. The van der Waals surface area contributed by atoms with Gasteiger partial charge in [-0.3, -0.25) is 4.79 Å². The molecule has 8 atom stereocenters. The number of allylic oxidation sites excluding steroid dienone is 1. The maximum Gasteiger partial charge on any atom is 0.161 e. The second-order valence-corrected chi connectivity index (χ2v) is 9.17. The highest BCUT2D eigenvalue weighted by atomic mass is 16.3. The monoisotopic (exact) mass is 350 g/mol. The van der Waals surface area contributed by atoms with Gasteiger partial charge >= 0.3 is 0 Å². The Hall–Kier alpha value is -1.01. The fourth-order valence-electron chi connectivity index (χ4n) is 5.79. The lowest BCUT2D eigenvalue weighted by Gasteiger charge is -2.67. The van der Waals surface area contributed by atoms with E-state index in [0.29, 0.717) is 12.8 Å². The van der Waals surface area contributed by atoms with E-state index in [4.69, 9.17) is 0 Å². The highest BCUT2D eigenvalue weighted by Crippen LogP contribution is 2.64. The molecule has 0 radical (unpaired) electrons. The Morgan fingerprint density at radius 3 is 2.24 bits per heavy atom. The Balaban J connectivity index is 2.19. The number of aliphatic hydroxyl groups excluding tert-OH is 3. The first-order chi connectivity index (χ1) is 11.4. The van der Waals surface area contributed by atoms with E-state index in [1.165, 1.54) is 18.2 Å². The molecular weight excluding hydrogens is 320 g/mol. The molecule has 0 saturated heterocycles. The lowest BCUT2D eigenvalue weighted by atomic mass is 9.40. The standard InChI is InChI=1S/C20H30O5/c1-6-18(4)14(22)11-7-8-12-17(2,3)13(21)9-10-20(12,25)19(11,5)16(24)15(18)23/h6,9-12,14-16,22-25H,1,7-8H2,2-5H3/t11-,12-,14+,15-,16+,18?,19-,20?/m1/s1. The zero-order chi connectivity index (χ0) is 19.0. The molecular formula is C20H30O5. The zero-order valence-corrected chi connectivity index (χ0v) is 15.4. The Kier molecular flexibility index (Phi) is 3.95. The van der Waals surface area contributed by atoms with Crippen molar-refractivity contribution in [3.05, 3.63) is 24.8 Å². The van der Waals surface area contributed by atoms with Crippen LogP contribution in [0.2, 0.25) is 0 Å². The molecule has 0 bridgehead atoms. The van der Waals surface area contributed by atoms with Gasteiger partial charge < -0.3 is 20.4 Å². The largest absolute Gasteiger partial charge is 0.392 e. The van der Waals surface area contributed by atoms with Gasteiger partial charge in [-0.25, -0.2) is 0 Å². The molecule has 4 N–H and O–H groups in total. The third kappa shape index (κ3) is 1.95. The van der Waals surface area contributed by atoms with Crippen LogP contribution >= 0.6 is 0 Å². The van der Waals surface area contributed by atoms with Crippen LogP contribution in [-0.2, 0) is 4.79 Å². The van der Waals surface area contributed by atoms with Crippen LogP contribution in [0, 0.1) is 28.1 Å². The fraction of sp³-hybridized carbons (Fsp3) is 0.750. The Bertz CT molecular complexity index is 640. The van der Waals surface area contributed by atoms with Crippen LogP contribution in [0.25, 0.3) is 0 Å². The summed E-state index contributed by atoms with van der Waals surface area (Å²) in [5.41, 5.74) is -4.49. The first-order valence-electron chi connectivity index (χ1n) is 9.03. The van der Waals surface area contributed by atoms with E-state index in [2.05, 4.69) is 6.58 Å². The van der Waals surface area contributed by atoms with Gasteiger partial charge in [-0.2, -0.15) is 0 Å². The molecule has 140 valence electrons. The third-order valence-corrected chi connectivity index (χ3v) is 7.93. The molecule has 3 aliphatic rings. The highest BCUT2D eigenvalue weighted by Gasteiger charge is 2.71. The van der Waals surface area contributed by atoms with Crippen molar-refractivity contribution < 1.29 is 25.2 Å². The van der Waals surface area contributed by atoms with Crippen LogP contribution in [0.15, 0.2) is 24.8 Å². The number of fused-ring (bicyclic) bond motifs is 3. The van der Waals surface area contributed by atoms with Gasteiger partial charge in [0.2, 0.25) is 0 Å². The lowest BCUT2D eigenvalue weighted by molar-refractivity contribution is -0.290. The van der Waals surface area contributed by atoms with Crippen molar-refractivity contribution in [1.29, 1.82) is 0 Å². The number of ketones is 1. The summed E-state index contributed by atoms with van der Waals surface area (Å²) in [5.74, 6) is -0.865. The Morgan fingerprint density at radius 2 is 1.68 bits per heavy atom. The van der Waals surface area contributed by atoms with E-state index < -0.39 is 46.1 Å². The lowest BCUT2D eigenvalue weighted by Crippen LogP contribution is -2.75. The second-order valence-electron chi connectivity index (χ2n) is 9.17. The minimum Gasteiger partial charge on any atom is -0.392 e. The van der Waals surface area contributed by atoms with Gasteiger partial charge in [-0.05, 0) is 30.9 Å². The average Bonchev–Trinajstić information content (AvgIpc) is 2.56. The van der Waals surface area contributed by atoms with E-state index in [9.17, 15) is 25.2 Å². The molecule has 0 amide bonds. The van der Waals surface area contributed by atoms with Crippen molar-refractivity contribution in [1.82, 2.24) is 0 Å². The van der Waals surface area contributed by atoms with Crippen molar-refractivity contribution in [2.75, 3.05) is 0 Å². The summed E-state index contributed by atoms with van der Waals surface area (Å²) in [4.78, 5) is 12.4. The van der Waals surface area contributed by atoms with Crippen molar-refractivity contribution in [3.63, 3.8) is 0 Å². The van der Waals surface area contributed by atoms with Crippen molar-refractivity contribution in [3.8, 4) is 0 Å². The number of rotatable bonds is 1. The summed E-state index contributed by atoms with van der Waals surface area (Å²) in [6.07, 6.45) is 2.00. The smallest absolute Gasteiger partial charge is 0.161 e. The van der Waals surface area contributed by atoms with E-state index in [1.54, 1.807) is 13.8 Å². The van der Waals surface area contributed by atoms with Gasteiger partial charge in [0, 0.05) is 22.2 Å². The first-order valence-corrected chi connectivity index (χ1v) is 9.03. The predicted octanol–water partition coefficient (Wildman–Crippen LogP) is 1.20. The number of carbonyl (C=O) groups excluding carboxylic acids is 1. The second kappa shape index (κ2) is 5.26. The molecule has 3 rings (SSSR count). The minimum absolute atomic E-state index is 0.0495. The van der Waals surface area contributed by atoms with E-state index in [0.717, 1.165) is 0 Å². The Morgan fingerprint density at radius 1 is 1.08 bits per heavy atom. The number of aliphatic hydroxyl groups is 4. The molecule has 0 aliphatic heterocycles. The number of hydrogen-bond acceptors (Lipinski definition) is 5. The third-order valence-electron chi connectivity index (χ3n) is 7.93. The average molecular weight is 350 g/mol. The van der Waals surface area contributed by atoms with Gasteiger partial charge in [0.15, 0.2) is 5.78 Å². The van der Waals surface area contributed by atoms with Crippen molar-refractivity contribution >= 4 is 5.78 Å². The molecule has 2 unspecified atom stereocenters. The van der Waals surface area contributed by atoms with Gasteiger partial charge in [0.1, 0.15) is 0 Å². The summed E-state index contributed by atoms with van der Waals surface area (Å²) >= 11 is 0. The maximum atomic E-state index is 12.4. The molecule has 3 aliphatic carbocycles. The van der Waals surface area contributed by atoms with Crippen LogP contribution in [0.3, 0.4) is 0 Å². The zero-order valence-electron chi connectivity index (χ0n) is 15.4. The molecule has 2 fully saturated rings. The van der Waals surface area contributed by atoms with Crippen molar-refractivity contribution in [2.24, 2.45) is 28.1 Å². The summed E-state index contributed by atoms with van der Waals surface area (Å²) in [5, 5.41) is 44.6. The SMILES string of the molecule is C=CC1(C)[C@H](O)[C@H](O)[C@@]2(C)[C@H](CC[C@@H]3C(C)(C)C(=O)C=CC32O)[C@@H]1O. The predicted molar refractivity (Wildman–Crippen MR) is 93.5 cm³/mol. The quantitative estimate of drug-likeness (QED) is 0.533.